The highest BCUT2D eigenvalue weighted by atomic mass is 32.2. The minimum Gasteiger partial charge on any atom is -0.352 e. The molecule has 1 fully saturated rings. The monoisotopic (exact) mass is 348 g/mol. The Morgan fingerprint density at radius 3 is 2.75 bits per heavy atom. The lowest BCUT2D eigenvalue weighted by molar-refractivity contribution is -0.120. The Hall–Kier alpha value is -1.89. The zero-order valence-electron chi connectivity index (χ0n) is 13.8. The van der Waals surface area contributed by atoms with Crippen molar-refractivity contribution in [1.82, 2.24) is 20.1 Å². The Balaban J connectivity index is 1.69. The van der Waals surface area contributed by atoms with E-state index in [0.29, 0.717) is 22.6 Å². The van der Waals surface area contributed by atoms with Gasteiger partial charge < -0.3 is 9.88 Å². The van der Waals surface area contributed by atoms with Gasteiger partial charge >= 0.3 is 0 Å². The van der Waals surface area contributed by atoms with Crippen LogP contribution in [0.15, 0.2) is 29.4 Å². The summed E-state index contributed by atoms with van der Waals surface area (Å²) in [4.78, 5) is 12.3. The maximum Gasteiger partial charge on any atom is 0.233 e. The molecule has 1 amide bonds. The molecule has 5 nitrogen and oxygen atoms in total. The van der Waals surface area contributed by atoms with Crippen LogP contribution in [0.4, 0.5) is 4.39 Å². The maximum absolute atomic E-state index is 13.9. The number of rotatable bonds is 5. The summed E-state index contributed by atoms with van der Waals surface area (Å²) in [5, 5.41) is 11.6. The molecule has 0 aliphatic heterocycles. The van der Waals surface area contributed by atoms with E-state index >= 15 is 0 Å². The Morgan fingerprint density at radius 1 is 1.33 bits per heavy atom. The van der Waals surface area contributed by atoms with Crippen LogP contribution in [0.25, 0.3) is 11.4 Å². The molecule has 0 bridgehead atoms. The highest BCUT2D eigenvalue weighted by Gasteiger charge is 2.23. The van der Waals surface area contributed by atoms with Crippen molar-refractivity contribution < 1.29 is 9.18 Å². The van der Waals surface area contributed by atoms with Crippen molar-refractivity contribution in [1.29, 1.82) is 0 Å². The van der Waals surface area contributed by atoms with Gasteiger partial charge in [-0.25, -0.2) is 4.39 Å². The molecule has 1 aliphatic rings. The van der Waals surface area contributed by atoms with Crippen LogP contribution in [0.3, 0.4) is 0 Å². The van der Waals surface area contributed by atoms with Gasteiger partial charge in [0.05, 0.1) is 10.8 Å². The molecule has 1 N–H and O–H groups in total. The lowest BCUT2D eigenvalue weighted by Gasteiger charge is -2.16. The van der Waals surface area contributed by atoms with Crippen LogP contribution in [0.5, 0.6) is 0 Å². The molecule has 1 aliphatic carbocycles. The van der Waals surface area contributed by atoms with Gasteiger partial charge in [-0.05, 0) is 31.9 Å². The Kier molecular flexibility index (Phi) is 5.18. The second kappa shape index (κ2) is 7.34. The lowest BCUT2D eigenvalue weighted by Crippen LogP contribution is -2.37. The molecular weight excluding hydrogens is 327 g/mol. The molecular formula is C17H21FN4OS. The van der Waals surface area contributed by atoms with Crippen molar-refractivity contribution in [3.63, 3.8) is 0 Å². The zero-order valence-corrected chi connectivity index (χ0v) is 14.6. The smallest absolute Gasteiger partial charge is 0.233 e. The lowest BCUT2D eigenvalue weighted by atomic mass is 10.2. The van der Waals surface area contributed by atoms with E-state index < -0.39 is 0 Å². The standard InChI is InChI=1S/C17H21FN4OS/c1-11(16(23)19-12-7-3-4-8-12)24-17-21-20-15(22(17)2)13-9-5-6-10-14(13)18/h5-6,9-12H,3-4,7-8H2,1-2H3,(H,19,23). The van der Waals surface area contributed by atoms with Crippen LogP contribution >= 0.6 is 11.8 Å². The van der Waals surface area contributed by atoms with Gasteiger partial charge in [-0.3, -0.25) is 4.79 Å². The first-order valence-electron chi connectivity index (χ1n) is 8.17. The molecule has 2 aromatic rings. The number of carbonyl (C=O) groups excluding carboxylic acids is 1. The van der Waals surface area contributed by atoms with Crippen LogP contribution in [0.2, 0.25) is 0 Å². The van der Waals surface area contributed by atoms with E-state index in [2.05, 4.69) is 15.5 Å². The minimum absolute atomic E-state index is 0.0161. The first kappa shape index (κ1) is 17.0. The molecule has 1 saturated carbocycles. The number of amides is 1. The summed E-state index contributed by atoms with van der Waals surface area (Å²) in [7, 11) is 1.78. The third-order valence-electron chi connectivity index (χ3n) is 4.30. The van der Waals surface area contributed by atoms with Crippen LogP contribution < -0.4 is 5.32 Å². The topological polar surface area (TPSA) is 59.8 Å². The Morgan fingerprint density at radius 2 is 2.04 bits per heavy atom. The molecule has 7 heteroatoms. The first-order valence-corrected chi connectivity index (χ1v) is 9.05. The van der Waals surface area contributed by atoms with Crippen molar-refractivity contribution >= 4 is 17.7 Å². The molecule has 0 saturated heterocycles. The molecule has 1 atom stereocenters. The molecule has 0 spiro atoms. The molecule has 1 aromatic heterocycles. The van der Waals surface area contributed by atoms with Gasteiger partial charge in [0.1, 0.15) is 5.82 Å². The minimum atomic E-state index is -0.337. The highest BCUT2D eigenvalue weighted by molar-refractivity contribution is 8.00. The van der Waals surface area contributed by atoms with E-state index in [9.17, 15) is 9.18 Å². The second-order valence-electron chi connectivity index (χ2n) is 6.10. The van der Waals surface area contributed by atoms with Crippen molar-refractivity contribution in [2.45, 2.75) is 49.1 Å². The summed E-state index contributed by atoms with van der Waals surface area (Å²) in [6.45, 7) is 1.85. The predicted octanol–water partition coefficient (Wildman–Crippen LogP) is 3.16. The molecule has 128 valence electrons. The fourth-order valence-electron chi connectivity index (χ4n) is 2.89. The van der Waals surface area contributed by atoms with Crippen LogP contribution in [0, 0.1) is 5.82 Å². The normalized spacial score (nSPS) is 16.3. The third kappa shape index (κ3) is 3.61. The second-order valence-corrected chi connectivity index (χ2v) is 7.40. The van der Waals surface area contributed by atoms with Gasteiger partial charge in [-0.1, -0.05) is 36.7 Å². The van der Waals surface area contributed by atoms with E-state index in [-0.39, 0.29) is 17.0 Å². The highest BCUT2D eigenvalue weighted by Crippen LogP contribution is 2.27. The van der Waals surface area contributed by atoms with Gasteiger partial charge in [0.25, 0.3) is 0 Å². The summed E-state index contributed by atoms with van der Waals surface area (Å²) in [6, 6.07) is 6.77. The Bertz CT molecular complexity index is 727. The van der Waals surface area contributed by atoms with Crippen molar-refractivity contribution in [3.05, 3.63) is 30.1 Å². The summed E-state index contributed by atoms with van der Waals surface area (Å²) in [5.41, 5.74) is 0.405. The van der Waals surface area contributed by atoms with Crippen LogP contribution in [0.1, 0.15) is 32.6 Å². The van der Waals surface area contributed by atoms with Crippen molar-refractivity contribution in [2.75, 3.05) is 0 Å². The number of hydrogen-bond donors (Lipinski definition) is 1. The van der Waals surface area contributed by atoms with E-state index in [1.54, 1.807) is 29.8 Å². The largest absolute Gasteiger partial charge is 0.352 e. The van der Waals surface area contributed by atoms with E-state index in [1.807, 2.05) is 6.92 Å². The van der Waals surface area contributed by atoms with Gasteiger partial charge in [-0.2, -0.15) is 0 Å². The number of halogens is 1. The first-order chi connectivity index (χ1) is 11.6. The van der Waals surface area contributed by atoms with E-state index in [1.165, 1.54) is 30.7 Å². The van der Waals surface area contributed by atoms with Gasteiger partial charge in [-0.15, -0.1) is 10.2 Å². The number of benzene rings is 1. The van der Waals surface area contributed by atoms with Gasteiger partial charge in [0.2, 0.25) is 5.91 Å². The van der Waals surface area contributed by atoms with Crippen molar-refractivity contribution in [3.8, 4) is 11.4 Å². The fraction of sp³-hybridized carbons (Fsp3) is 0.471. The van der Waals surface area contributed by atoms with Crippen LogP contribution in [-0.2, 0) is 11.8 Å². The molecule has 1 heterocycles. The summed E-state index contributed by atoms with van der Waals surface area (Å²) >= 11 is 1.34. The molecule has 1 aromatic carbocycles. The SMILES string of the molecule is CC(Sc1nnc(-c2ccccc2F)n1C)C(=O)NC1CCCC1. The number of nitrogens with zero attached hydrogens (tertiary/aromatic N) is 3. The van der Waals surface area contributed by atoms with Gasteiger partial charge in [0.15, 0.2) is 11.0 Å². The molecule has 1 unspecified atom stereocenters. The Labute approximate surface area is 145 Å². The molecule has 24 heavy (non-hydrogen) atoms. The van der Waals surface area contributed by atoms with Crippen molar-refractivity contribution in [2.24, 2.45) is 7.05 Å². The fourth-order valence-corrected chi connectivity index (χ4v) is 3.72. The summed E-state index contributed by atoms with van der Waals surface area (Å²) in [6.07, 6.45) is 4.48. The number of aromatic nitrogens is 3. The molecule has 0 radical (unpaired) electrons. The van der Waals surface area contributed by atoms with Gasteiger partial charge in [0, 0.05) is 13.1 Å². The van der Waals surface area contributed by atoms with Crippen LogP contribution in [-0.4, -0.2) is 32.0 Å². The number of thioether (sulfide) groups is 1. The zero-order chi connectivity index (χ0) is 17.1. The average Bonchev–Trinajstić information content (AvgIpc) is 3.19. The average molecular weight is 348 g/mol. The summed E-state index contributed by atoms with van der Waals surface area (Å²) in [5.74, 6) is 0.137. The third-order valence-corrected chi connectivity index (χ3v) is 5.44. The predicted molar refractivity (Wildman–Crippen MR) is 92.1 cm³/mol. The summed E-state index contributed by atoms with van der Waals surface area (Å²) < 4.78 is 15.7. The van der Waals surface area contributed by atoms with E-state index in [0.717, 1.165) is 12.8 Å². The molecule has 3 rings (SSSR count). The maximum atomic E-state index is 13.9. The van der Waals surface area contributed by atoms with E-state index in [4.69, 9.17) is 0 Å². The number of hydrogen-bond acceptors (Lipinski definition) is 4. The quantitative estimate of drug-likeness (QED) is 0.843. The number of carbonyl (C=O) groups is 1. The number of nitrogens with one attached hydrogen (secondary N) is 1.